The highest BCUT2D eigenvalue weighted by molar-refractivity contribution is 7.15. The van der Waals surface area contributed by atoms with Crippen LogP contribution >= 0.6 is 11.3 Å². The smallest absolute Gasteiger partial charge is 0.226 e. The zero-order valence-electron chi connectivity index (χ0n) is 12.5. The van der Waals surface area contributed by atoms with Gasteiger partial charge < -0.3 is 5.32 Å². The average molecular weight is 303 g/mol. The van der Waals surface area contributed by atoms with E-state index in [1.165, 1.54) is 16.9 Å². The molecule has 5 heteroatoms. The summed E-state index contributed by atoms with van der Waals surface area (Å²) in [4.78, 5) is 11.9. The third-order valence-electron chi connectivity index (χ3n) is 3.01. The first-order chi connectivity index (χ1) is 10.1. The van der Waals surface area contributed by atoms with E-state index in [1.54, 1.807) is 0 Å². The predicted molar refractivity (Wildman–Crippen MR) is 86.5 cm³/mol. The number of benzene rings is 1. The molecule has 0 atom stereocenters. The summed E-state index contributed by atoms with van der Waals surface area (Å²) in [5, 5.41) is 12.5. The molecule has 0 aliphatic heterocycles. The lowest BCUT2D eigenvalue weighted by molar-refractivity contribution is -0.116. The van der Waals surface area contributed by atoms with Crippen LogP contribution in [0.1, 0.15) is 37.3 Å². The van der Waals surface area contributed by atoms with Crippen LogP contribution in [0.5, 0.6) is 0 Å². The average Bonchev–Trinajstić information content (AvgIpc) is 2.86. The standard InChI is InChI=1S/C16H21N3OS/c1-12(2)11-15-18-19-16(21-15)17-14(20)10-6-9-13-7-4-3-5-8-13/h3-5,7-8,12H,6,9-11H2,1-2H3,(H,17,19,20). The van der Waals surface area contributed by atoms with Gasteiger partial charge in [0.05, 0.1) is 0 Å². The zero-order valence-corrected chi connectivity index (χ0v) is 13.3. The van der Waals surface area contributed by atoms with E-state index in [9.17, 15) is 4.79 Å². The fraction of sp³-hybridized carbons (Fsp3) is 0.438. The molecule has 1 aromatic carbocycles. The van der Waals surface area contributed by atoms with Crippen LogP contribution < -0.4 is 5.32 Å². The third kappa shape index (κ3) is 5.63. The summed E-state index contributed by atoms with van der Waals surface area (Å²) in [5.74, 6) is 0.561. The number of aryl methyl sites for hydroxylation is 1. The molecule has 0 aliphatic rings. The first-order valence-corrected chi connectivity index (χ1v) is 8.11. The number of hydrogen-bond acceptors (Lipinski definition) is 4. The van der Waals surface area contributed by atoms with Crippen LogP contribution in [-0.4, -0.2) is 16.1 Å². The van der Waals surface area contributed by atoms with Gasteiger partial charge in [-0.1, -0.05) is 55.5 Å². The molecule has 112 valence electrons. The second kappa shape index (κ2) is 7.88. The summed E-state index contributed by atoms with van der Waals surface area (Å²) >= 11 is 1.47. The maximum Gasteiger partial charge on any atom is 0.226 e. The topological polar surface area (TPSA) is 54.9 Å². The molecule has 1 amide bonds. The Morgan fingerprint density at radius 1 is 1.24 bits per heavy atom. The van der Waals surface area contributed by atoms with Crippen molar-refractivity contribution in [1.29, 1.82) is 0 Å². The van der Waals surface area contributed by atoms with Crippen LogP contribution in [0.2, 0.25) is 0 Å². The molecule has 0 aliphatic carbocycles. The number of amides is 1. The van der Waals surface area contributed by atoms with Crippen LogP contribution in [0.4, 0.5) is 5.13 Å². The molecule has 0 bridgehead atoms. The van der Waals surface area contributed by atoms with E-state index in [1.807, 2.05) is 18.2 Å². The van der Waals surface area contributed by atoms with Gasteiger partial charge in [0, 0.05) is 12.8 Å². The minimum absolute atomic E-state index is 0.0122. The molecular weight excluding hydrogens is 282 g/mol. The Morgan fingerprint density at radius 3 is 2.71 bits per heavy atom. The van der Waals surface area contributed by atoms with Crippen molar-refractivity contribution >= 4 is 22.4 Å². The Bertz CT molecular complexity index is 566. The second-order valence-electron chi connectivity index (χ2n) is 5.49. The van der Waals surface area contributed by atoms with Crippen molar-refractivity contribution in [3.63, 3.8) is 0 Å². The minimum Gasteiger partial charge on any atom is -0.301 e. The maximum atomic E-state index is 11.9. The van der Waals surface area contributed by atoms with Crippen LogP contribution in [0.3, 0.4) is 0 Å². The first-order valence-electron chi connectivity index (χ1n) is 7.29. The summed E-state index contributed by atoms with van der Waals surface area (Å²) in [5.41, 5.74) is 1.26. The molecular formula is C16H21N3OS. The number of carbonyl (C=O) groups excluding carboxylic acids is 1. The largest absolute Gasteiger partial charge is 0.301 e. The van der Waals surface area contributed by atoms with Gasteiger partial charge in [0.25, 0.3) is 0 Å². The molecule has 21 heavy (non-hydrogen) atoms. The summed E-state index contributed by atoms with van der Waals surface area (Å²) in [7, 11) is 0. The van der Waals surface area contributed by atoms with Crippen molar-refractivity contribution in [1.82, 2.24) is 10.2 Å². The van der Waals surface area contributed by atoms with Gasteiger partial charge in [-0.2, -0.15) is 0 Å². The molecule has 0 radical (unpaired) electrons. The van der Waals surface area contributed by atoms with E-state index < -0.39 is 0 Å². The number of rotatable bonds is 7. The van der Waals surface area contributed by atoms with Crippen LogP contribution in [0.15, 0.2) is 30.3 Å². The fourth-order valence-corrected chi connectivity index (χ4v) is 2.98. The van der Waals surface area contributed by atoms with Gasteiger partial charge in [-0.05, 0) is 24.3 Å². The van der Waals surface area contributed by atoms with Gasteiger partial charge in [0.15, 0.2) is 0 Å². The van der Waals surface area contributed by atoms with E-state index in [0.717, 1.165) is 24.3 Å². The van der Waals surface area contributed by atoms with Crippen molar-refractivity contribution in [3.8, 4) is 0 Å². The molecule has 1 heterocycles. The lowest BCUT2D eigenvalue weighted by atomic mass is 10.1. The van der Waals surface area contributed by atoms with Crippen molar-refractivity contribution in [2.75, 3.05) is 5.32 Å². The van der Waals surface area contributed by atoms with Crippen molar-refractivity contribution in [3.05, 3.63) is 40.9 Å². The third-order valence-corrected chi connectivity index (χ3v) is 3.87. The molecule has 0 unspecified atom stereocenters. The summed E-state index contributed by atoms with van der Waals surface area (Å²) in [6.45, 7) is 4.28. The molecule has 0 spiro atoms. The Balaban J connectivity index is 1.73. The number of anilines is 1. The Hall–Kier alpha value is -1.75. The van der Waals surface area contributed by atoms with Gasteiger partial charge >= 0.3 is 0 Å². The SMILES string of the molecule is CC(C)Cc1nnc(NC(=O)CCCc2ccccc2)s1. The zero-order chi connectivity index (χ0) is 15.1. The van der Waals surface area contributed by atoms with Crippen LogP contribution in [-0.2, 0) is 17.6 Å². The molecule has 0 saturated carbocycles. The quantitative estimate of drug-likeness (QED) is 0.848. The highest BCUT2D eigenvalue weighted by Gasteiger charge is 2.09. The Kier molecular flexibility index (Phi) is 5.87. The van der Waals surface area contributed by atoms with Gasteiger partial charge in [-0.25, -0.2) is 0 Å². The summed E-state index contributed by atoms with van der Waals surface area (Å²) < 4.78 is 0. The van der Waals surface area contributed by atoms with Gasteiger partial charge in [0.1, 0.15) is 5.01 Å². The Morgan fingerprint density at radius 2 is 2.00 bits per heavy atom. The van der Waals surface area contributed by atoms with Crippen molar-refractivity contribution < 1.29 is 4.79 Å². The normalized spacial score (nSPS) is 10.8. The van der Waals surface area contributed by atoms with E-state index >= 15 is 0 Å². The monoisotopic (exact) mass is 303 g/mol. The number of hydrogen-bond donors (Lipinski definition) is 1. The number of nitrogens with one attached hydrogen (secondary N) is 1. The molecule has 1 aromatic heterocycles. The minimum atomic E-state index is 0.0122. The lowest BCUT2D eigenvalue weighted by Crippen LogP contribution is -2.11. The number of aromatic nitrogens is 2. The van der Waals surface area contributed by atoms with Crippen molar-refractivity contribution in [2.24, 2.45) is 5.92 Å². The number of nitrogens with zero attached hydrogens (tertiary/aromatic N) is 2. The maximum absolute atomic E-state index is 11.9. The van der Waals surface area contributed by atoms with Crippen molar-refractivity contribution in [2.45, 2.75) is 39.5 Å². The van der Waals surface area contributed by atoms with Gasteiger partial charge in [-0.15, -0.1) is 10.2 Å². The van der Waals surface area contributed by atoms with E-state index in [0.29, 0.717) is 17.5 Å². The second-order valence-corrected chi connectivity index (χ2v) is 6.55. The highest BCUT2D eigenvalue weighted by Crippen LogP contribution is 2.18. The molecule has 0 fully saturated rings. The molecule has 0 saturated heterocycles. The van der Waals surface area contributed by atoms with E-state index in [4.69, 9.17) is 0 Å². The molecule has 1 N–H and O–H groups in total. The predicted octanol–water partition coefficient (Wildman–Crippen LogP) is 3.70. The molecule has 2 aromatic rings. The van der Waals surface area contributed by atoms with E-state index in [-0.39, 0.29) is 5.91 Å². The van der Waals surface area contributed by atoms with Gasteiger partial charge in [-0.3, -0.25) is 4.79 Å². The van der Waals surface area contributed by atoms with E-state index in [2.05, 4.69) is 41.5 Å². The van der Waals surface area contributed by atoms with Crippen LogP contribution in [0.25, 0.3) is 0 Å². The molecule has 2 rings (SSSR count). The highest BCUT2D eigenvalue weighted by atomic mass is 32.1. The summed E-state index contributed by atoms with van der Waals surface area (Å²) in [6, 6.07) is 10.2. The van der Waals surface area contributed by atoms with Gasteiger partial charge in [0.2, 0.25) is 11.0 Å². The fourth-order valence-electron chi connectivity index (χ4n) is 2.02. The Labute approximate surface area is 129 Å². The first kappa shape index (κ1) is 15.6. The summed E-state index contributed by atoms with van der Waals surface area (Å²) in [6.07, 6.45) is 3.17. The lowest BCUT2D eigenvalue weighted by Gasteiger charge is -2.02. The number of carbonyl (C=O) groups is 1. The molecule has 4 nitrogen and oxygen atoms in total. The van der Waals surface area contributed by atoms with Crippen LogP contribution in [0, 0.1) is 5.92 Å².